The number of fused-ring (bicyclic) bond motifs is 1. The maximum atomic E-state index is 13.0. The van der Waals surface area contributed by atoms with E-state index in [4.69, 9.17) is 4.74 Å². The van der Waals surface area contributed by atoms with Crippen LogP contribution in [0.4, 0.5) is 5.69 Å². The zero-order valence-electron chi connectivity index (χ0n) is 17.4. The van der Waals surface area contributed by atoms with Gasteiger partial charge in [-0.2, -0.15) is 0 Å². The van der Waals surface area contributed by atoms with Crippen molar-refractivity contribution in [1.82, 2.24) is 10.2 Å². The highest BCUT2D eigenvalue weighted by Crippen LogP contribution is 2.33. The monoisotopic (exact) mass is 407 g/mol. The first-order valence-corrected chi connectivity index (χ1v) is 10.7. The summed E-state index contributed by atoms with van der Waals surface area (Å²) in [5.41, 5.74) is 2.23. The number of likely N-dealkylation sites (tertiary alicyclic amines) is 1. The van der Waals surface area contributed by atoms with Gasteiger partial charge in [0.2, 0.25) is 5.91 Å². The van der Waals surface area contributed by atoms with Crippen molar-refractivity contribution in [1.29, 1.82) is 0 Å². The van der Waals surface area contributed by atoms with E-state index in [1.165, 1.54) is 5.56 Å². The number of amides is 2. The summed E-state index contributed by atoms with van der Waals surface area (Å²) in [6.07, 6.45) is 2.52. The van der Waals surface area contributed by atoms with E-state index in [-0.39, 0.29) is 18.4 Å². The van der Waals surface area contributed by atoms with Gasteiger partial charge in [-0.25, -0.2) is 0 Å². The minimum atomic E-state index is -0.616. The van der Waals surface area contributed by atoms with E-state index in [1.807, 2.05) is 40.1 Å². The molecular weight excluding hydrogens is 378 g/mol. The fraction of sp³-hybridized carbons (Fsp3) is 0.417. The minimum absolute atomic E-state index is 0.112. The van der Waals surface area contributed by atoms with Crippen molar-refractivity contribution in [2.24, 2.45) is 5.92 Å². The molecule has 0 radical (unpaired) electrons. The molecular formula is C24H29N3O3. The van der Waals surface area contributed by atoms with Crippen molar-refractivity contribution in [3.05, 3.63) is 60.2 Å². The summed E-state index contributed by atoms with van der Waals surface area (Å²) in [4.78, 5) is 29.1. The average Bonchev–Trinajstić information content (AvgIpc) is 2.79. The summed E-state index contributed by atoms with van der Waals surface area (Å²) in [7, 11) is 1.60. The normalized spacial score (nSPS) is 19.0. The van der Waals surface area contributed by atoms with Crippen molar-refractivity contribution in [2.45, 2.75) is 25.4 Å². The topological polar surface area (TPSA) is 61.9 Å². The van der Waals surface area contributed by atoms with E-state index >= 15 is 0 Å². The third-order valence-corrected chi connectivity index (χ3v) is 6.06. The summed E-state index contributed by atoms with van der Waals surface area (Å²) in [6, 6.07) is 18.2. The van der Waals surface area contributed by atoms with Gasteiger partial charge in [-0.15, -0.1) is 0 Å². The number of hydrogen-bond acceptors (Lipinski definition) is 4. The number of nitrogens with zero attached hydrogens (tertiary/aromatic N) is 2. The molecule has 2 aliphatic rings. The predicted octanol–water partition coefficient (Wildman–Crippen LogP) is 2.48. The first-order valence-electron chi connectivity index (χ1n) is 10.7. The van der Waals surface area contributed by atoms with Gasteiger partial charge in [0.1, 0.15) is 5.75 Å². The van der Waals surface area contributed by atoms with Gasteiger partial charge in [-0.1, -0.05) is 42.5 Å². The molecule has 2 aromatic rings. The van der Waals surface area contributed by atoms with Gasteiger partial charge in [0, 0.05) is 20.1 Å². The quantitative estimate of drug-likeness (QED) is 0.827. The van der Waals surface area contributed by atoms with Crippen molar-refractivity contribution < 1.29 is 14.3 Å². The number of para-hydroxylation sites is 2. The smallest absolute Gasteiger partial charge is 0.262 e. The number of nitrogens with one attached hydrogen (secondary N) is 1. The predicted molar refractivity (Wildman–Crippen MR) is 117 cm³/mol. The molecule has 2 heterocycles. The van der Waals surface area contributed by atoms with Crippen LogP contribution in [-0.2, 0) is 16.0 Å². The van der Waals surface area contributed by atoms with E-state index in [2.05, 4.69) is 29.6 Å². The van der Waals surface area contributed by atoms with Crippen LogP contribution >= 0.6 is 0 Å². The maximum absolute atomic E-state index is 13.0. The highest BCUT2D eigenvalue weighted by molar-refractivity contribution is 5.86. The lowest BCUT2D eigenvalue weighted by Crippen LogP contribution is -2.51. The van der Waals surface area contributed by atoms with Gasteiger partial charge in [0.05, 0.1) is 18.8 Å². The van der Waals surface area contributed by atoms with E-state index in [0.717, 1.165) is 38.0 Å². The molecule has 1 N–H and O–H groups in total. The van der Waals surface area contributed by atoms with Crippen LogP contribution in [0.1, 0.15) is 18.4 Å². The number of benzene rings is 2. The lowest BCUT2D eigenvalue weighted by atomic mass is 9.90. The number of anilines is 1. The maximum Gasteiger partial charge on any atom is 0.262 e. The van der Waals surface area contributed by atoms with Crippen LogP contribution in [0.25, 0.3) is 0 Å². The second kappa shape index (κ2) is 9.20. The zero-order valence-corrected chi connectivity index (χ0v) is 17.4. The molecule has 1 fully saturated rings. The molecule has 0 aliphatic carbocycles. The molecule has 30 heavy (non-hydrogen) atoms. The summed E-state index contributed by atoms with van der Waals surface area (Å²) in [6.45, 7) is 2.21. The molecule has 158 valence electrons. The number of carbonyl (C=O) groups excluding carboxylic acids is 2. The molecule has 0 bridgehead atoms. The molecule has 6 heteroatoms. The first-order chi connectivity index (χ1) is 14.6. The van der Waals surface area contributed by atoms with Crippen LogP contribution < -0.4 is 15.0 Å². The van der Waals surface area contributed by atoms with Crippen molar-refractivity contribution in [3.63, 3.8) is 0 Å². The molecule has 1 atom stereocenters. The molecule has 1 saturated heterocycles. The molecule has 2 aliphatic heterocycles. The highest BCUT2D eigenvalue weighted by atomic mass is 16.5. The Labute approximate surface area is 177 Å². The van der Waals surface area contributed by atoms with Crippen molar-refractivity contribution in [3.8, 4) is 5.75 Å². The Morgan fingerprint density at radius 3 is 2.47 bits per heavy atom. The first kappa shape index (κ1) is 20.3. The number of ether oxygens (including phenoxy) is 1. The van der Waals surface area contributed by atoms with Crippen LogP contribution in [0.3, 0.4) is 0 Å². The Hall–Kier alpha value is -3.02. The summed E-state index contributed by atoms with van der Waals surface area (Å²) in [5.74, 6) is 1.20. The summed E-state index contributed by atoms with van der Waals surface area (Å²) >= 11 is 0. The Morgan fingerprint density at radius 1 is 1.03 bits per heavy atom. The van der Waals surface area contributed by atoms with E-state index in [9.17, 15) is 9.59 Å². The largest absolute Gasteiger partial charge is 0.477 e. The van der Waals surface area contributed by atoms with Gasteiger partial charge < -0.3 is 19.9 Å². The van der Waals surface area contributed by atoms with E-state index in [0.29, 0.717) is 18.2 Å². The average molecular weight is 408 g/mol. The number of carbonyl (C=O) groups is 2. The molecule has 2 amide bonds. The number of hydrogen-bond donors (Lipinski definition) is 1. The minimum Gasteiger partial charge on any atom is -0.477 e. The Balaban J connectivity index is 1.36. The molecule has 0 saturated carbocycles. The van der Waals surface area contributed by atoms with E-state index < -0.39 is 6.10 Å². The fourth-order valence-corrected chi connectivity index (χ4v) is 4.35. The van der Waals surface area contributed by atoms with Crippen LogP contribution in [0.2, 0.25) is 0 Å². The summed E-state index contributed by atoms with van der Waals surface area (Å²) < 4.78 is 5.83. The third kappa shape index (κ3) is 4.58. The fourth-order valence-electron chi connectivity index (χ4n) is 4.35. The van der Waals surface area contributed by atoms with Gasteiger partial charge in [-0.05, 0) is 42.9 Å². The zero-order chi connectivity index (χ0) is 20.9. The van der Waals surface area contributed by atoms with Gasteiger partial charge in [0.15, 0.2) is 6.10 Å². The molecule has 2 aromatic carbocycles. The standard InChI is InChI=1S/C24H29N3O3/c1-25-24(29)22-16-27(20-9-5-6-10-21(20)30-22)17-23(28)26-13-11-19(12-14-26)15-18-7-3-2-4-8-18/h2-10,19,22H,11-17H2,1H3,(H,25,29)/t22-/m0/s1. The molecule has 0 aromatic heterocycles. The Morgan fingerprint density at radius 2 is 1.73 bits per heavy atom. The molecule has 0 spiro atoms. The lowest BCUT2D eigenvalue weighted by Gasteiger charge is -2.37. The SMILES string of the molecule is CNC(=O)[C@@H]1CN(CC(=O)N2CCC(Cc3ccccc3)CC2)c2ccccc2O1. The number of piperidine rings is 1. The van der Waals surface area contributed by atoms with Crippen LogP contribution in [0, 0.1) is 5.92 Å². The Kier molecular flexibility index (Phi) is 6.21. The third-order valence-electron chi connectivity index (χ3n) is 6.06. The van der Waals surface area contributed by atoms with Crippen molar-refractivity contribution in [2.75, 3.05) is 38.1 Å². The highest BCUT2D eigenvalue weighted by Gasteiger charge is 2.32. The molecule has 6 nitrogen and oxygen atoms in total. The van der Waals surface area contributed by atoms with Crippen LogP contribution in [-0.4, -0.2) is 56.0 Å². The second-order valence-corrected chi connectivity index (χ2v) is 8.08. The second-order valence-electron chi connectivity index (χ2n) is 8.08. The van der Waals surface area contributed by atoms with E-state index in [1.54, 1.807) is 7.05 Å². The van der Waals surface area contributed by atoms with Gasteiger partial charge in [0.25, 0.3) is 5.91 Å². The van der Waals surface area contributed by atoms with Crippen molar-refractivity contribution >= 4 is 17.5 Å². The van der Waals surface area contributed by atoms with Crippen LogP contribution in [0.15, 0.2) is 54.6 Å². The molecule has 0 unspecified atom stereocenters. The summed E-state index contributed by atoms with van der Waals surface area (Å²) in [5, 5.41) is 2.64. The van der Waals surface area contributed by atoms with Gasteiger partial charge in [-0.3, -0.25) is 9.59 Å². The lowest BCUT2D eigenvalue weighted by molar-refractivity contribution is -0.132. The molecule has 4 rings (SSSR count). The van der Waals surface area contributed by atoms with Gasteiger partial charge >= 0.3 is 0 Å². The number of likely N-dealkylation sites (N-methyl/N-ethyl adjacent to an activating group) is 1. The number of rotatable bonds is 5. The van der Waals surface area contributed by atoms with Crippen LogP contribution in [0.5, 0.6) is 5.75 Å². The Bertz CT molecular complexity index is 878.